The SMILES string of the molecule is O=C(O)N1CCc2cccc(C(F)(F)F)c2C1. The molecule has 0 saturated heterocycles. The molecule has 0 saturated carbocycles. The number of rotatable bonds is 0. The molecule has 0 bridgehead atoms. The van der Waals surface area contributed by atoms with Crippen LogP contribution in [-0.4, -0.2) is 22.6 Å². The Hall–Kier alpha value is -1.72. The van der Waals surface area contributed by atoms with Crippen LogP contribution in [0.4, 0.5) is 18.0 Å². The van der Waals surface area contributed by atoms with Crippen molar-refractivity contribution in [1.82, 2.24) is 4.90 Å². The molecule has 1 amide bonds. The van der Waals surface area contributed by atoms with Gasteiger partial charge in [0.05, 0.1) is 5.56 Å². The summed E-state index contributed by atoms with van der Waals surface area (Å²) >= 11 is 0. The fourth-order valence-corrected chi connectivity index (χ4v) is 2.01. The van der Waals surface area contributed by atoms with E-state index in [9.17, 15) is 18.0 Å². The van der Waals surface area contributed by atoms with E-state index in [1.807, 2.05) is 0 Å². The number of alkyl halides is 3. The van der Waals surface area contributed by atoms with Gasteiger partial charge in [0.25, 0.3) is 0 Å². The maximum absolute atomic E-state index is 12.7. The average molecular weight is 245 g/mol. The van der Waals surface area contributed by atoms with E-state index in [4.69, 9.17) is 5.11 Å². The second-order valence-corrected chi connectivity index (χ2v) is 3.90. The first-order valence-corrected chi connectivity index (χ1v) is 5.05. The number of amides is 1. The van der Waals surface area contributed by atoms with E-state index in [2.05, 4.69) is 0 Å². The van der Waals surface area contributed by atoms with Gasteiger partial charge in [-0.05, 0) is 23.6 Å². The average Bonchev–Trinajstić information content (AvgIpc) is 2.26. The Bertz CT molecular complexity index is 457. The van der Waals surface area contributed by atoms with Gasteiger partial charge in [0.15, 0.2) is 0 Å². The monoisotopic (exact) mass is 245 g/mol. The largest absolute Gasteiger partial charge is 0.465 e. The molecule has 1 N–H and O–H groups in total. The van der Waals surface area contributed by atoms with E-state index in [0.29, 0.717) is 12.0 Å². The molecule has 0 unspecified atom stereocenters. The van der Waals surface area contributed by atoms with Crippen molar-refractivity contribution in [1.29, 1.82) is 0 Å². The molecule has 1 aromatic carbocycles. The van der Waals surface area contributed by atoms with Gasteiger partial charge < -0.3 is 10.0 Å². The van der Waals surface area contributed by atoms with Crippen LogP contribution >= 0.6 is 0 Å². The van der Waals surface area contributed by atoms with E-state index in [0.717, 1.165) is 11.0 Å². The summed E-state index contributed by atoms with van der Waals surface area (Å²) in [5, 5.41) is 8.80. The summed E-state index contributed by atoms with van der Waals surface area (Å²) in [6.45, 7) is 0.0456. The summed E-state index contributed by atoms with van der Waals surface area (Å²) < 4.78 is 38.2. The Morgan fingerprint density at radius 3 is 2.65 bits per heavy atom. The predicted molar refractivity (Wildman–Crippen MR) is 53.6 cm³/mol. The lowest BCUT2D eigenvalue weighted by Crippen LogP contribution is -2.36. The van der Waals surface area contributed by atoms with Crippen LogP contribution in [0.5, 0.6) is 0 Å². The molecule has 0 atom stereocenters. The lowest BCUT2D eigenvalue weighted by atomic mass is 9.95. The lowest BCUT2D eigenvalue weighted by Gasteiger charge is -2.28. The second-order valence-electron chi connectivity index (χ2n) is 3.90. The fourth-order valence-electron chi connectivity index (χ4n) is 2.01. The van der Waals surface area contributed by atoms with Crippen molar-refractivity contribution in [2.75, 3.05) is 6.54 Å². The molecule has 6 heteroatoms. The van der Waals surface area contributed by atoms with Gasteiger partial charge in [0.1, 0.15) is 0 Å². The van der Waals surface area contributed by atoms with Crippen LogP contribution in [0.2, 0.25) is 0 Å². The second kappa shape index (κ2) is 3.94. The van der Waals surface area contributed by atoms with E-state index in [-0.39, 0.29) is 18.7 Å². The first kappa shape index (κ1) is 11.8. The van der Waals surface area contributed by atoms with Crippen molar-refractivity contribution in [3.63, 3.8) is 0 Å². The van der Waals surface area contributed by atoms with Crippen molar-refractivity contribution in [2.45, 2.75) is 19.1 Å². The Morgan fingerprint density at radius 2 is 2.06 bits per heavy atom. The van der Waals surface area contributed by atoms with Crippen LogP contribution < -0.4 is 0 Å². The van der Waals surface area contributed by atoms with Crippen LogP contribution in [0.25, 0.3) is 0 Å². The maximum atomic E-state index is 12.7. The normalized spacial score (nSPS) is 15.6. The number of benzene rings is 1. The molecule has 17 heavy (non-hydrogen) atoms. The molecule has 1 heterocycles. The molecule has 0 radical (unpaired) electrons. The first-order chi connectivity index (χ1) is 7.89. The molecule has 1 aliphatic rings. The van der Waals surface area contributed by atoms with Crippen molar-refractivity contribution >= 4 is 6.09 Å². The number of nitrogens with zero attached hydrogens (tertiary/aromatic N) is 1. The molecule has 0 spiro atoms. The summed E-state index contributed by atoms with van der Waals surface area (Å²) in [5.74, 6) is 0. The highest BCUT2D eigenvalue weighted by atomic mass is 19.4. The summed E-state index contributed by atoms with van der Waals surface area (Å²) in [7, 11) is 0. The summed E-state index contributed by atoms with van der Waals surface area (Å²) in [6, 6.07) is 3.96. The van der Waals surface area contributed by atoms with E-state index in [1.54, 1.807) is 6.07 Å². The minimum atomic E-state index is -4.44. The zero-order valence-electron chi connectivity index (χ0n) is 8.79. The lowest BCUT2D eigenvalue weighted by molar-refractivity contribution is -0.138. The predicted octanol–water partition coefficient (Wildman–Crippen LogP) is 2.74. The van der Waals surface area contributed by atoms with Gasteiger partial charge in [-0.25, -0.2) is 4.79 Å². The van der Waals surface area contributed by atoms with Gasteiger partial charge in [-0.15, -0.1) is 0 Å². The zero-order valence-corrected chi connectivity index (χ0v) is 8.79. The Kier molecular flexibility index (Phi) is 2.73. The molecule has 3 nitrogen and oxygen atoms in total. The molecule has 0 aliphatic carbocycles. The van der Waals surface area contributed by atoms with Gasteiger partial charge >= 0.3 is 12.3 Å². The molecular weight excluding hydrogens is 235 g/mol. The Labute approximate surface area is 95.5 Å². The van der Waals surface area contributed by atoms with Crippen molar-refractivity contribution in [2.24, 2.45) is 0 Å². The smallest absolute Gasteiger partial charge is 0.416 e. The molecule has 1 aliphatic heterocycles. The van der Waals surface area contributed by atoms with Crippen LogP contribution in [0.1, 0.15) is 16.7 Å². The van der Waals surface area contributed by atoms with E-state index < -0.39 is 17.8 Å². The fraction of sp³-hybridized carbons (Fsp3) is 0.364. The topological polar surface area (TPSA) is 40.5 Å². The highest BCUT2D eigenvalue weighted by molar-refractivity contribution is 5.65. The van der Waals surface area contributed by atoms with Crippen LogP contribution in [0.3, 0.4) is 0 Å². The Balaban J connectivity index is 2.43. The number of hydrogen-bond donors (Lipinski definition) is 1. The van der Waals surface area contributed by atoms with Crippen LogP contribution in [0.15, 0.2) is 18.2 Å². The van der Waals surface area contributed by atoms with Gasteiger partial charge in [-0.2, -0.15) is 13.2 Å². The third-order valence-electron chi connectivity index (χ3n) is 2.85. The molecule has 92 valence electrons. The van der Waals surface area contributed by atoms with E-state index in [1.165, 1.54) is 6.07 Å². The Morgan fingerprint density at radius 1 is 1.35 bits per heavy atom. The minimum absolute atomic E-state index is 0.0775. The molecule has 0 fully saturated rings. The first-order valence-electron chi connectivity index (χ1n) is 5.05. The number of halogens is 3. The highest BCUT2D eigenvalue weighted by Gasteiger charge is 2.36. The summed E-state index contributed by atoms with van der Waals surface area (Å²) in [5.41, 5.74) is -0.0769. The van der Waals surface area contributed by atoms with Gasteiger partial charge in [-0.3, -0.25) is 0 Å². The standard InChI is InChI=1S/C11H10F3NO2/c12-11(13,14)9-3-1-2-7-4-5-15(10(16)17)6-8(7)9/h1-3H,4-6H2,(H,16,17). The summed E-state index contributed by atoms with van der Waals surface area (Å²) in [6.07, 6.45) is -5.30. The van der Waals surface area contributed by atoms with Gasteiger partial charge in [0, 0.05) is 13.1 Å². The van der Waals surface area contributed by atoms with Crippen molar-refractivity contribution in [3.8, 4) is 0 Å². The minimum Gasteiger partial charge on any atom is -0.465 e. The number of hydrogen-bond acceptors (Lipinski definition) is 1. The molecule has 2 rings (SSSR count). The number of carboxylic acid groups (broad SMARTS) is 1. The van der Waals surface area contributed by atoms with Gasteiger partial charge in [0.2, 0.25) is 0 Å². The molecule has 1 aromatic rings. The van der Waals surface area contributed by atoms with Crippen molar-refractivity contribution < 1.29 is 23.1 Å². The molecule has 0 aromatic heterocycles. The maximum Gasteiger partial charge on any atom is 0.416 e. The van der Waals surface area contributed by atoms with Crippen LogP contribution in [0, 0.1) is 0 Å². The van der Waals surface area contributed by atoms with Crippen LogP contribution in [-0.2, 0) is 19.1 Å². The summed E-state index contributed by atoms with van der Waals surface area (Å²) in [4.78, 5) is 11.8. The van der Waals surface area contributed by atoms with E-state index >= 15 is 0 Å². The molecular formula is C11H10F3NO2. The van der Waals surface area contributed by atoms with Gasteiger partial charge in [-0.1, -0.05) is 12.1 Å². The quantitative estimate of drug-likeness (QED) is 0.763. The third-order valence-corrected chi connectivity index (χ3v) is 2.85. The zero-order chi connectivity index (χ0) is 12.6. The number of carbonyl (C=O) groups is 1. The highest BCUT2D eigenvalue weighted by Crippen LogP contribution is 2.35. The third kappa shape index (κ3) is 2.20. The number of fused-ring (bicyclic) bond motifs is 1. The van der Waals surface area contributed by atoms with Crippen molar-refractivity contribution in [3.05, 3.63) is 34.9 Å².